The average molecular weight is 393 g/mol. The van der Waals surface area contributed by atoms with E-state index in [1.807, 2.05) is 0 Å². The molecular formula is C21H23N5O3. The van der Waals surface area contributed by atoms with Crippen LogP contribution >= 0.6 is 0 Å². The van der Waals surface area contributed by atoms with E-state index < -0.39 is 12.0 Å². The molecule has 29 heavy (non-hydrogen) atoms. The van der Waals surface area contributed by atoms with Crippen LogP contribution in [0, 0.1) is 18.3 Å². The Hall–Kier alpha value is -3.60. The van der Waals surface area contributed by atoms with E-state index in [1.165, 1.54) is 4.90 Å². The summed E-state index contributed by atoms with van der Waals surface area (Å²) in [6.45, 7) is -0.133. The van der Waals surface area contributed by atoms with Gasteiger partial charge < -0.3 is 15.1 Å². The van der Waals surface area contributed by atoms with Gasteiger partial charge in [-0.1, -0.05) is 12.0 Å². The Morgan fingerprint density at radius 2 is 2.10 bits per heavy atom. The zero-order valence-electron chi connectivity index (χ0n) is 16.6. The molecule has 1 aromatic carbocycles. The number of likely N-dealkylation sites (N-methyl/N-ethyl adjacent to an activating group) is 1. The van der Waals surface area contributed by atoms with Crippen LogP contribution in [-0.4, -0.2) is 57.9 Å². The first-order chi connectivity index (χ1) is 13.8. The van der Waals surface area contributed by atoms with Crippen molar-refractivity contribution < 1.29 is 14.4 Å². The first kappa shape index (κ1) is 20.1. The fourth-order valence-electron chi connectivity index (χ4n) is 3.63. The largest absolute Gasteiger partial charge is 0.336 e. The van der Waals surface area contributed by atoms with Gasteiger partial charge in [0.15, 0.2) is 0 Å². The molecule has 3 rings (SSSR count). The Kier molecular flexibility index (Phi) is 5.69. The number of nitrogens with zero attached hydrogens (tertiary/aromatic N) is 4. The van der Waals surface area contributed by atoms with Crippen LogP contribution < -0.4 is 5.32 Å². The molecule has 3 amide bonds. The molecule has 1 aliphatic heterocycles. The first-order valence-electron chi connectivity index (χ1n) is 9.17. The van der Waals surface area contributed by atoms with Crippen LogP contribution in [0.1, 0.15) is 23.7 Å². The number of carbonyl (C=O) groups excluding carboxylic acids is 3. The molecule has 0 bridgehead atoms. The number of terminal acetylenes is 1. The van der Waals surface area contributed by atoms with Crippen molar-refractivity contribution in [2.75, 3.05) is 26.0 Å². The molecule has 150 valence electrons. The number of anilines is 1. The second-order valence-electron chi connectivity index (χ2n) is 7.11. The van der Waals surface area contributed by atoms with Crippen molar-refractivity contribution in [2.24, 2.45) is 13.0 Å². The highest BCUT2D eigenvalue weighted by molar-refractivity contribution is 5.96. The van der Waals surface area contributed by atoms with Gasteiger partial charge in [0.2, 0.25) is 17.7 Å². The minimum absolute atomic E-state index is 0.0986. The summed E-state index contributed by atoms with van der Waals surface area (Å²) in [7, 11) is 5.01. The van der Waals surface area contributed by atoms with Crippen LogP contribution in [0.3, 0.4) is 0 Å². The molecule has 2 atom stereocenters. The van der Waals surface area contributed by atoms with Crippen LogP contribution in [0.2, 0.25) is 0 Å². The molecule has 2 unspecified atom stereocenters. The van der Waals surface area contributed by atoms with Crippen molar-refractivity contribution in [3.05, 3.63) is 47.8 Å². The predicted octanol–water partition coefficient (Wildman–Crippen LogP) is 1.02. The summed E-state index contributed by atoms with van der Waals surface area (Å²) in [4.78, 5) is 40.6. The third-order valence-corrected chi connectivity index (χ3v) is 5.14. The lowest BCUT2D eigenvalue weighted by molar-refractivity contribution is -0.137. The number of aryl methyl sites for hydroxylation is 1. The number of hydrogen-bond donors (Lipinski definition) is 1. The normalized spacial score (nSPS) is 18.4. The molecule has 1 saturated heterocycles. The van der Waals surface area contributed by atoms with Gasteiger partial charge in [-0.3, -0.25) is 19.1 Å². The van der Waals surface area contributed by atoms with Gasteiger partial charge in [-0.25, -0.2) is 0 Å². The molecule has 0 aliphatic carbocycles. The van der Waals surface area contributed by atoms with E-state index in [9.17, 15) is 14.4 Å². The lowest BCUT2D eigenvalue weighted by atomic mass is 9.96. The van der Waals surface area contributed by atoms with E-state index in [0.717, 1.165) is 5.69 Å². The van der Waals surface area contributed by atoms with Gasteiger partial charge in [0, 0.05) is 45.0 Å². The Bertz CT molecular complexity index is 990. The smallest absolute Gasteiger partial charge is 0.243 e. The lowest BCUT2D eigenvalue weighted by Gasteiger charge is -2.27. The molecule has 0 radical (unpaired) electrons. The summed E-state index contributed by atoms with van der Waals surface area (Å²) in [5.74, 6) is 1.21. The lowest BCUT2D eigenvalue weighted by Crippen LogP contribution is -2.40. The number of hydrogen-bond acceptors (Lipinski definition) is 4. The summed E-state index contributed by atoms with van der Waals surface area (Å²) < 4.78 is 1.66. The molecule has 1 aromatic heterocycles. The summed E-state index contributed by atoms with van der Waals surface area (Å²) in [6, 6.07) is 8.30. The minimum atomic E-state index is -0.578. The second-order valence-corrected chi connectivity index (χ2v) is 7.11. The molecule has 1 N–H and O–H groups in total. The van der Waals surface area contributed by atoms with E-state index >= 15 is 0 Å². The molecular weight excluding hydrogens is 370 g/mol. The molecule has 1 aliphatic rings. The Balaban J connectivity index is 1.70. The van der Waals surface area contributed by atoms with E-state index in [2.05, 4.69) is 16.3 Å². The van der Waals surface area contributed by atoms with E-state index in [1.54, 1.807) is 67.3 Å². The molecule has 8 heteroatoms. The average Bonchev–Trinajstić information content (AvgIpc) is 3.23. The van der Waals surface area contributed by atoms with E-state index in [0.29, 0.717) is 11.3 Å². The first-order valence-corrected chi connectivity index (χ1v) is 9.17. The van der Waals surface area contributed by atoms with Crippen molar-refractivity contribution in [1.82, 2.24) is 19.6 Å². The molecule has 0 saturated carbocycles. The number of benzene rings is 1. The molecule has 0 spiro atoms. The highest BCUT2D eigenvalue weighted by atomic mass is 16.2. The number of carbonyl (C=O) groups is 3. The van der Waals surface area contributed by atoms with Crippen LogP contribution in [0.5, 0.6) is 0 Å². The maximum atomic E-state index is 13.1. The van der Waals surface area contributed by atoms with Crippen LogP contribution in [-0.2, 0) is 21.4 Å². The van der Waals surface area contributed by atoms with Crippen molar-refractivity contribution >= 4 is 23.4 Å². The predicted molar refractivity (Wildman–Crippen MR) is 107 cm³/mol. The van der Waals surface area contributed by atoms with Gasteiger partial charge in [-0.05, 0) is 24.3 Å². The third-order valence-electron chi connectivity index (χ3n) is 5.14. The number of nitrogens with one attached hydrogen (secondary N) is 1. The third kappa shape index (κ3) is 4.14. The van der Waals surface area contributed by atoms with E-state index in [4.69, 9.17) is 6.42 Å². The zero-order chi connectivity index (χ0) is 21.1. The van der Waals surface area contributed by atoms with E-state index in [-0.39, 0.29) is 30.7 Å². The zero-order valence-corrected chi connectivity index (χ0v) is 16.6. The Morgan fingerprint density at radius 3 is 2.76 bits per heavy atom. The topological polar surface area (TPSA) is 87.5 Å². The molecule has 1 fully saturated rings. The number of likely N-dealkylation sites (tertiary alicyclic amines) is 1. The highest BCUT2D eigenvalue weighted by Crippen LogP contribution is 2.37. The van der Waals surface area contributed by atoms with Gasteiger partial charge in [0.05, 0.1) is 24.2 Å². The van der Waals surface area contributed by atoms with Crippen molar-refractivity contribution in [3.8, 4) is 12.3 Å². The number of amides is 3. The summed E-state index contributed by atoms with van der Waals surface area (Å²) in [5, 5.41) is 6.88. The number of rotatable bonds is 5. The molecule has 8 nitrogen and oxygen atoms in total. The molecule has 2 heterocycles. The van der Waals surface area contributed by atoms with Crippen LogP contribution in [0.25, 0.3) is 0 Å². The SMILES string of the molecule is C#Cc1cccc(NC(=O)CN(C)C(=O)C2CC(=O)N(C)C2c2ccnn2C)c1. The second kappa shape index (κ2) is 8.19. The summed E-state index contributed by atoms with van der Waals surface area (Å²) >= 11 is 0. The highest BCUT2D eigenvalue weighted by Gasteiger charge is 2.45. The fraction of sp³-hybridized carbons (Fsp3) is 0.333. The summed E-state index contributed by atoms with van der Waals surface area (Å²) in [6.07, 6.45) is 7.11. The van der Waals surface area contributed by atoms with Crippen LogP contribution in [0.4, 0.5) is 5.69 Å². The monoisotopic (exact) mass is 393 g/mol. The van der Waals surface area contributed by atoms with Gasteiger partial charge in [0.1, 0.15) is 0 Å². The number of aromatic nitrogens is 2. The Labute approximate surface area is 169 Å². The standard InChI is InChI=1S/C21H23N5O3/c1-5-14-7-6-8-15(11-14)23-18(27)13-24(2)21(29)16-12-19(28)25(3)20(16)17-9-10-22-26(17)4/h1,6-11,16,20H,12-13H2,2-4H3,(H,23,27). The maximum Gasteiger partial charge on any atom is 0.243 e. The van der Waals surface area contributed by atoms with Crippen molar-refractivity contribution in [3.63, 3.8) is 0 Å². The fourth-order valence-corrected chi connectivity index (χ4v) is 3.63. The Morgan fingerprint density at radius 1 is 1.34 bits per heavy atom. The van der Waals surface area contributed by atoms with Crippen molar-refractivity contribution in [1.29, 1.82) is 0 Å². The van der Waals surface area contributed by atoms with Crippen LogP contribution in [0.15, 0.2) is 36.5 Å². The molecule has 2 aromatic rings. The summed E-state index contributed by atoms with van der Waals surface area (Å²) in [5.41, 5.74) is 1.99. The maximum absolute atomic E-state index is 13.1. The van der Waals surface area contributed by atoms with Gasteiger partial charge in [-0.15, -0.1) is 6.42 Å². The van der Waals surface area contributed by atoms with Gasteiger partial charge in [-0.2, -0.15) is 5.10 Å². The van der Waals surface area contributed by atoms with Gasteiger partial charge >= 0.3 is 0 Å². The van der Waals surface area contributed by atoms with Crippen molar-refractivity contribution in [2.45, 2.75) is 12.5 Å². The minimum Gasteiger partial charge on any atom is -0.336 e. The van der Waals surface area contributed by atoms with Gasteiger partial charge in [0.25, 0.3) is 0 Å². The quantitative estimate of drug-likeness (QED) is 0.769.